The summed E-state index contributed by atoms with van der Waals surface area (Å²) in [5.41, 5.74) is 1.79. The average molecular weight is 263 g/mol. The van der Waals surface area contributed by atoms with Crippen molar-refractivity contribution in [1.29, 1.82) is 0 Å². The number of amides is 1. The number of aryl methyl sites for hydroxylation is 1. The number of aromatic nitrogens is 1. The van der Waals surface area contributed by atoms with E-state index in [9.17, 15) is 4.79 Å². The lowest BCUT2D eigenvalue weighted by Gasteiger charge is -2.14. The summed E-state index contributed by atoms with van der Waals surface area (Å²) in [7, 11) is 1.64. The number of ether oxygens (including phenoxy) is 1. The summed E-state index contributed by atoms with van der Waals surface area (Å²) in [6.45, 7) is 4.34. The first-order valence-corrected chi connectivity index (χ1v) is 6.64. The summed E-state index contributed by atoms with van der Waals surface area (Å²) < 4.78 is 5.20. The molecule has 1 fully saturated rings. The SMILES string of the molecule is COc1cc(C)nc(CNC(C)C(=O)NC2CC2)c1. The third-order valence-electron chi connectivity index (χ3n) is 3.12. The van der Waals surface area contributed by atoms with Gasteiger partial charge in [-0.05, 0) is 26.7 Å². The van der Waals surface area contributed by atoms with Crippen molar-refractivity contribution in [2.45, 2.75) is 45.3 Å². The highest BCUT2D eigenvalue weighted by Gasteiger charge is 2.25. The van der Waals surface area contributed by atoms with Gasteiger partial charge in [0.25, 0.3) is 0 Å². The lowest BCUT2D eigenvalue weighted by Crippen LogP contribution is -2.42. The van der Waals surface area contributed by atoms with Crippen LogP contribution < -0.4 is 15.4 Å². The predicted octanol–water partition coefficient (Wildman–Crippen LogP) is 1.16. The Morgan fingerprint density at radius 3 is 2.89 bits per heavy atom. The lowest BCUT2D eigenvalue weighted by molar-refractivity contribution is -0.122. The van der Waals surface area contributed by atoms with Gasteiger partial charge in [0.15, 0.2) is 0 Å². The molecule has 0 aliphatic heterocycles. The monoisotopic (exact) mass is 263 g/mol. The van der Waals surface area contributed by atoms with Gasteiger partial charge in [0, 0.05) is 30.4 Å². The summed E-state index contributed by atoms with van der Waals surface area (Å²) in [6, 6.07) is 3.95. The Kier molecular flexibility index (Phi) is 4.37. The van der Waals surface area contributed by atoms with Gasteiger partial charge in [-0.15, -0.1) is 0 Å². The van der Waals surface area contributed by atoms with Gasteiger partial charge in [0.2, 0.25) is 5.91 Å². The van der Waals surface area contributed by atoms with Gasteiger partial charge in [-0.2, -0.15) is 0 Å². The van der Waals surface area contributed by atoms with Crippen molar-refractivity contribution < 1.29 is 9.53 Å². The molecule has 104 valence electrons. The molecule has 0 aromatic carbocycles. The van der Waals surface area contributed by atoms with Crippen molar-refractivity contribution >= 4 is 5.91 Å². The first kappa shape index (κ1) is 13.8. The number of nitrogens with zero attached hydrogens (tertiary/aromatic N) is 1. The van der Waals surface area contributed by atoms with Gasteiger partial charge < -0.3 is 15.4 Å². The van der Waals surface area contributed by atoms with Gasteiger partial charge in [0.1, 0.15) is 5.75 Å². The number of methoxy groups -OCH3 is 1. The fourth-order valence-electron chi connectivity index (χ4n) is 1.82. The highest BCUT2D eigenvalue weighted by Crippen LogP contribution is 2.18. The zero-order chi connectivity index (χ0) is 13.8. The van der Waals surface area contributed by atoms with Crippen molar-refractivity contribution in [1.82, 2.24) is 15.6 Å². The van der Waals surface area contributed by atoms with Crippen molar-refractivity contribution in [2.24, 2.45) is 0 Å². The highest BCUT2D eigenvalue weighted by molar-refractivity contribution is 5.81. The van der Waals surface area contributed by atoms with E-state index in [1.165, 1.54) is 0 Å². The molecule has 1 aromatic rings. The topological polar surface area (TPSA) is 63.2 Å². The molecule has 0 spiro atoms. The van der Waals surface area contributed by atoms with Crippen molar-refractivity contribution in [2.75, 3.05) is 7.11 Å². The molecule has 1 aliphatic rings. The van der Waals surface area contributed by atoms with E-state index >= 15 is 0 Å². The summed E-state index contributed by atoms with van der Waals surface area (Å²) >= 11 is 0. The average Bonchev–Trinajstić information content (AvgIpc) is 3.19. The Balaban J connectivity index is 1.86. The lowest BCUT2D eigenvalue weighted by atomic mass is 10.2. The Labute approximate surface area is 113 Å². The predicted molar refractivity (Wildman–Crippen MR) is 73.0 cm³/mol. The molecule has 1 amide bonds. The van der Waals surface area contributed by atoms with Crippen LogP contribution in [0, 0.1) is 6.92 Å². The quantitative estimate of drug-likeness (QED) is 0.808. The molecule has 1 saturated carbocycles. The van der Waals surface area contributed by atoms with Crippen LogP contribution >= 0.6 is 0 Å². The minimum atomic E-state index is -0.214. The van der Waals surface area contributed by atoms with Gasteiger partial charge in [-0.25, -0.2) is 0 Å². The van der Waals surface area contributed by atoms with Crippen molar-refractivity contribution in [3.8, 4) is 5.75 Å². The number of rotatable bonds is 6. The van der Waals surface area contributed by atoms with E-state index in [-0.39, 0.29) is 11.9 Å². The second-order valence-electron chi connectivity index (χ2n) is 5.03. The molecule has 2 N–H and O–H groups in total. The van der Waals surface area contributed by atoms with E-state index < -0.39 is 0 Å². The maximum Gasteiger partial charge on any atom is 0.237 e. The third-order valence-corrected chi connectivity index (χ3v) is 3.12. The summed E-state index contributed by atoms with van der Waals surface area (Å²) in [5, 5.41) is 6.16. The van der Waals surface area contributed by atoms with E-state index in [0.717, 1.165) is 30.0 Å². The second kappa shape index (κ2) is 6.02. The van der Waals surface area contributed by atoms with Crippen molar-refractivity contribution in [3.05, 3.63) is 23.5 Å². The first-order chi connectivity index (χ1) is 9.08. The van der Waals surface area contributed by atoms with Crippen LogP contribution in [0.2, 0.25) is 0 Å². The van der Waals surface area contributed by atoms with Crippen LogP contribution in [0.25, 0.3) is 0 Å². The van der Waals surface area contributed by atoms with E-state index in [1.54, 1.807) is 7.11 Å². The molecule has 1 atom stereocenters. The fourth-order valence-corrected chi connectivity index (χ4v) is 1.82. The fraction of sp³-hybridized carbons (Fsp3) is 0.571. The van der Waals surface area contributed by atoms with Crippen LogP contribution in [0.5, 0.6) is 5.75 Å². The van der Waals surface area contributed by atoms with E-state index in [1.807, 2.05) is 26.0 Å². The van der Waals surface area contributed by atoms with Gasteiger partial charge >= 0.3 is 0 Å². The zero-order valence-electron chi connectivity index (χ0n) is 11.7. The van der Waals surface area contributed by atoms with Crippen LogP contribution in [0.3, 0.4) is 0 Å². The molecule has 1 aliphatic carbocycles. The molecule has 5 nitrogen and oxygen atoms in total. The molecular weight excluding hydrogens is 242 g/mol. The number of hydrogen-bond donors (Lipinski definition) is 2. The minimum Gasteiger partial charge on any atom is -0.497 e. The Hall–Kier alpha value is -1.62. The number of carbonyl (C=O) groups is 1. The maximum atomic E-state index is 11.8. The van der Waals surface area contributed by atoms with Crippen LogP contribution in [0.15, 0.2) is 12.1 Å². The number of carbonyl (C=O) groups excluding carboxylic acids is 1. The van der Waals surface area contributed by atoms with Crippen molar-refractivity contribution in [3.63, 3.8) is 0 Å². The van der Waals surface area contributed by atoms with E-state index in [2.05, 4.69) is 15.6 Å². The van der Waals surface area contributed by atoms with E-state index in [4.69, 9.17) is 4.74 Å². The third kappa shape index (κ3) is 4.21. The van der Waals surface area contributed by atoms with Crippen LogP contribution in [0.4, 0.5) is 0 Å². The van der Waals surface area contributed by atoms with E-state index in [0.29, 0.717) is 12.6 Å². The standard InChI is InChI=1S/C14H21N3O2/c1-9-6-13(19-3)7-12(16-9)8-15-10(2)14(18)17-11-4-5-11/h6-7,10-11,15H,4-5,8H2,1-3H3,(H,17,18). The zero-order valence-corrected chi connectivity index (χ0v) is 11.7. The van der Waals surface area contributed by atoms with Gasteiger partial charge in [0.05, 0.1) is 18.8 Å². The molecule has 0 bridgehead atoms. The van der Waals surface area contributed by atoms with Crippen LogP contribution in [0.1, 0.15) is 31.2 Å². The van der Waals surface area contributed by atoms with Gasteiger partial charge in [-0.1, -0.05) is 0 Å². The Morgan fingerprint density at radius 2 is 2.26 bits per heavy atom. The molecule has 1 aromatic heterocycles. The Morgan fingerprint density at radius 1 is 1.53 bits per heavy atom. The minimum absolute atomic E-state index is 0.0575. The summed E-state index contributed by atoms with van der Waals surface area (Å²) in [6.07, 6.45) is 2.21. The molecule has 0 radical (unpaired) electrons. The summed E-state index contributed by atoms with van der Waals surface area (Å²) in [5.74, 6) is 0.849. The van der Waals surface area contributed by atoms with Crippen LogP contribution in [-0.2, 0) is 11.3 Å². The second-order valence-corrected chi connectivity index (χ2v) is 5.03. The number of pyridine rings is 1. The van der Waals surface area contributed by atoms with Crippen LogP contribution in [-0.4, -0.2) is 30.1 Å². The maximum absolute atomic E-state index is 11.8. The molecule has 5 heteroatoms. The summed E-state index contributed by atoms with van der Waals surface area (Å²) in [4.78, 5) is 16.2. The largest absolute Gasteiger partial charge is 0.497 e. The molecule has 1 heterocycles. The Bertz CT molecular complexity index is 458. The highest BCUT2D eigenvalue weighted by atomic mass is 16.5. The molecule has 0 saturated heterocycles. The smallest absolute Gasteiger partial charge is 0.237 e. The van der Waals surface area contributed by atoms with Gasteiger partial charge in [-0.3, -0.25) is 9.78 Å². The number of nitrogens with one attached hydrogen (secondary N) is 2. The molecule has 19 heavy (non-hydrogen) atoms. The molecule has 1 unspecified atom stereocenters. The normalized spacial score (nSPS) is 15.9. The molecule has 2 rings (SSSR count). The molecular formula is C14H21N3O2. The number of hydrogen-bond acceptors (Lipinski definition) is 4. The first-order valence-electron chi connectivity index (χ1n) is 6.64.